The lowest BCUT2D eigenvalue weighted by atomic mass is 10.1. The van der Waals surface area contributed by atoms with E-state index >= 15 is 0 Å². The first kappa shape index (κ1) is 11.9. The van der Waals surface area contributed by atoms with E-state index < -0.39 is 0 Å². The number of nitrogens with two attached hydrogens (primary N) is 1. The minimum atomic E-state index is 0.661. The van der Waals surface area contributed by atoms with Crippen molar-refractivity contribution in [3.8, 4) is 11.3 Å². The number of nitrogens with zero attached hydrogens (tertiary/aromatic N) is 1. The molecule has 1 aromatic carbocycles. The molecular weight excluding hydrogens is 308 g/mol. The second kappa shape index (κ2) is 4.73. The Balaban J connectivity index is 2.53. The topological polar surface area (TPSA) is 38.9 Å². The Hall–Kier alpha value is -0.580. The Morgan fingerprint density at radius 1 is 1.50 bits per heavy atom. The van der Waals surface area contributed by atoms with Gasteiger partial charge in [-0.25, -0.2) is 4.98 Å². The third kappa shape index (κ3) is 2.24. The molecule has 1 aromatic heterocycles. The van der Waals surface area contributed by atoms with Crippen molar-refractivity contribution in [2.24, 2.45) is 0 Å². The number of benzene rings is 1. The number of rotatable bonds is 2. The summed E-state index contributed by atoms with van der Waals surface area (Å²) in [4.78, 5) is 4.48. The lowest BCUT2D eigenvalue weighted by molar-refractivity contribution is 1.10. The van der Waals surface area contributed by atoms with E-state index in [0.29, 0.717) is 5.02 Å². The Bertz CT molecular complexity index is 525. The normalized spacial score (nSPS) is 10.7. The van der Waals surface area contributed by atoms with Gasteiger partial charge in [-0.05, 0) is 18.6 Å². The summed E-state index contributed by atoms with van der Waals surface area (Å²) in [5.74, 6) is 0. The van der Waals surface area contributed by atoms with Gasteiger partial charge in [0, 0.05) is 10.0 Å². The van der Waals surface area contributed by atoms with E-state index in [-0.39, 0.29) is 0 Å². The zero-order valence-corrected chi connectivity index (χ0v) is 11.8. The maximum atomic E-state index is 6.17. The molecule has 0 saturated carbocycles. The lowest BCUT2D eigenvalue weighted by Gasteiger charge is -2.02. The van der Waals surface area contributed by atoms with Crippen molar-refractivity contribution >= 4 is 43.9 Å². The van der Waals surface area contributed by atoms with E-state index in [1.165, 1.54) is 11.3 Å². The number of aryl methyl sites for hydroxylation is 1. The summed E-state index contributed by atoms with van der Waals surface area (Å²) in [5.41, 5.74) is 7.62. The smallest absolute Gasteiger partial charge is 0.114 e. The Morgan fingerprint density at radius 3 is 2.81 bits per heavy atom. The quantitative estimate of drug-likeness (QED) is 0.893. The highest BCUT2D eigenvalue weighted by Crippen LogP contribution is 2.36. The molecule has 0 radical (unpaired) electrons. The zero-order valence-electron chi connectivity index (χ0n) is 8.63. The van der Waals surface area contributed by atoms with Crippen LogP contribution < -0.4 is 5.73 Å². The molecule has 0 atom stereocenters. The first-order valence-electron chi connectivity index (χ1n) is 4.82. The van der Waals surface area contributed by atoms with E-state index in [0.717, 1.165) is 32.2 Å². The SMILES string of the molecule is CCc1nc(-c2ccc(Br)cc2Cl)c(N)s1. The van der Waals surface area contributed by atoms with Gasteiger partial charge in [0.2, 0.25) is 0 Å². The number of nitrogen functional groups attached to an aromatic ring is 1. The minimum Gasteiger partial charge on any atom is -0.389 e. The molecule has 2 nitrogen and oxygen atoms in total. The average molecular weight is 318 g/mol. The molecule has 0 aliphatic rings. The molecule has 5 heteroatoms. The van der Waals surface area contributed by atoms with Crippen LogP contribution in [0.2, 0.25) is 5.02 Å². The molecule has 0 spiro atoms. The molecule has 1 heterocycles. The molecule has 0 aliphatic heterocycles. The van der Waals surface area contributed by atoms with Crippen LogP contribution in [0.25, 0.3) is 11.3 Å². The molecule has 2 rings (SSSR count). The van der Waals surface area contributed by atoms with E-state index in [2.05, 4.69) is 27.8 Å². The van der Waals surface area contributed by atoms with Crippen LogP contribution in [0.15, 0.2) is 22.7 Å². The van der Waals surface area contributed by atoms with Gasteiger partial charge in [-0.15, -0.1) is 11.3 Å². The summed E-state index contributed by atoms with van der Waals surface area (Å²) >= 11 is 11.1. The number of halogens is 2. The molecule has 0 saturated heterocycles. The van der Waals surface area contributed by atoms with Gasteiger partial charge in [0.25, 0.3) is 0 Å². The van der Waals surface area contributed by atoms with Crippen LogP contribution in [0.1, 0.15) is 11.9 Å². The molecule has 0 aliphatic carbocycles. The predicted molar refractivity (Wildman–Crippen MR) is 74.1 cm³/mol. The minimum absolute atomic E-state index is 0.661. The molecule has 0 amide bonds. The van der Waals surface area contributed by atoms with Crippen LogP contribution in [-0.2, 0) is 6.42 Å². The number of aromatic nitrogens is 1. The molecule has 2 N–H and O–H groups in total. The molecule has 16 heavy (non-hydrogen) atoms. The van der Waals surface area contributed by atoms with Crippen LogP contribution >= 0.6 is 38.9 Å². The summed E-state index contributed by atoms with van der Waals surface area (Å²) in [7, 11) is 0. The summed E-state index contributed by atoms with van der Waals surface area (Å²) in [5, 5.41) is 2.42. The van der Waals surface area contributed by atoms with Crippen LogP contribution in [-0.4, -0.2) is 4.98 Å². The first-order valence-corrected chi connectivity index (χ1v) is 6.81. The Kier molecular flexibility index (Phi) is 3.52. The van der Waals surface area contributed by atoms with Crippen molar-refractivity contribution < 1.29 is 0 Å². The van der Waals surface area contributed by atoms with Crippen LogP contribution in [0.4, 0.5) is 5.00 Å². The number of hydrogen-bond donors (Lipinski definition) is 1. The maximum absolute atomic E-state index is 6.17. The Morgan fingerprint density at radius 2 is 2.25 bits per heavy atom. The van der Waals surface area contributed by atoms with Crippen molar-refractivity contribution in [3.63, 3.8) is 0 Å². The Labute approximate surface area is 112 Å². The van der Waals surface area contributed by atoms with Crippen molar-refractivity contribution in [2.45, 2.75) is 13.3 Å². The molecular formula is C11H10BrClN2S. The van der Waals surface area contributed by atoms with Gasteiger partial charge in [-0.3, -0.25) is 0 Å². The zero-order chi connectivity index (χ0) is 11.7. The van der Waals surface area contributed by atoms with Gasteiger partial charge in [0.05, 0.1) is 10.0 Å². The monoisotopic (exact) mass is 316 g/mol. The number of anilines is 1. The van der Waals surface area contributed by atoms with E-state index in [4.69, 9.17) is 17.3 Å². The van der Waals surface area contributed by atoms with Crippen molar-refractivity contribution in [3.05, 3.63) is 32.7 Å². The summed E-state index contributed by atoms with van der Waals surface area (Å²) in [6.45, 7) is 2.06. The number of hydrogen-bond acceptors (Lipinski definition) is 3. The predicted octanol–water partition coefficient (Wildman–Crippen LogP) is 4.37. The van der Waals surface area contributed by atoms with Gasteiger partial charge in [0.15, 0.2) is 0 Å². The molecule has 84 valence electrons. The van der Waals surface area contributed by atoms with E-state index in [9.17, 15) is 0 Å². The van der Waals surface area contributed by atoms with Gasteiger partial charge in [-0.2, -0.15) is 0 Å². The van der Waals surface area contributed by atoms with Gasteiger partial charge in [0.1, 0.15) is 10.7 Å². The highest BCUT2D eigenvalue weighted by molar-refractivity contribution is 9.10. The molecule has 0 fully saturated rings. The average Bonchev–Trinajstić information content (AvgIpc) is 2.60. The first-order chi connectivity index (χ1) is 7.61. The fraction of sp³-hybridized carbons (Fsp3) is 0.182. The fourth-order valence-corrected chi connectivity index (χ4v) is 2.95. The molecule has 2 aromatic rings. The second-order valence-electron chi connectivity index (χ2n) is 3.30. The van der Waals surface area contributed by atoms with Crippen molar-refractivity contribution in [2.75, 3.05) is 5.73 Å². The van der Waals surface area contributed by atoms with Gasteiger partial charge < -0.3 is 5.73 Å². The van der Waals surface area contributed by atoms with Gasteiger partial charge >= 0.3 is 0 Å². The summed E-state index contributed by atoms with van der Waals surface area (Å²) in [6, 6.07) is 5.71. The third-order valence-corrected chi connectivity index (χ3v) is 4.02. The van der Waals surface area contributed by atoms with E-state index in [1.54, 1.807) is 0 Å². The van der Waals surface area contributed by atoms with Crippen molar-refractivity contribution in [1.29, 1.82) is 0 Å². The molecule has 0 bridgehead atoms. The fourth-order valence-electron chi connectivity index (χ4n) is 1.40. The standard InChI is InChI=1S/C11H10BrClN2S/c1-2-9-15-10(11(14)16-9)7-4-3-6(12)5-8(7)13/h3-5H,2,14H2,1H3. The van der Waals surface area contributed by atoms with Crippen LogP contribution in [0.5, 0.6) is 0 Å². The van der Waals surface area contributed by atoms with Crippen molar-refractivity contribution in [1.82, 2.24) is 4.98 Å². The highest BCUT2D eigenvalue weighted by Gasteiger charge is 2.12. The third-order valence-electron chi connectivity index (χ3n) is 2.19. The second-order valence-corrected chi connectivity index (χ2v) is 5.74. The van der Waals surface area contributed by atoms with Crippen LogP contribution in [0.3, 0.4) is 0 Å². The van der Waals surface area contributed by atoms with E-state index in [1.807, 2.05) is 18.2 Å². The summed E-state index contributed by atoms with van der Waals surface area (Å²) in [6.07, 6.45) is 0.892. The maximum Gasteiger partial charge on any atom is 0.114 e. The largest absolute Gasteiger partial charge is 0.389 e. The number of thiazole rings is 1. The summed E-state index contributed by atoms with van der Waals surface area (Å²) < 4.78 is 0.950. The van der Waals surface area contributed by atoms with Crippen LogP contribution in [0, 0.1) is 0 Å². The highest BCUT2D eigenvalue weighted by atomic mass is 79.9. The van der Waals surface area contributed by atoms with Gasteiger partial charge in [-0.1, -0.05) is 40.5 Å². The molecule has 0 unspecified atom stereocenters. The lowest BCUT2D eigenvalue weighted by Crippen LogP contribution is -1.87.